The van der Waals surface area contributed by atoms with E-state index in [1.165, 1.54) is 23.1 Å². The Balaban J connectivity index is 0.00000137. The molecule has 0 aliphatic heterocycles. The number of thiazole rings is 1. The van der Waals surface area contributed by atoms with E-state index in [4.69, 9.17) is 5.73 Å². The highest BCUT2D eigenvalue weighted by Gasteiger charge is 2.19. The Hall–Kier alpha value is -1.08. The predicted molar refractivity (Wildman–Crippen MR) is 75.2 cm³/mol. The predicted octanol–water partition coefficient (Wildman–Crippen LogP) is 2.61. The van der Waals surface area contributed by atoms with Crippen LogP contribution in [0, 0.1) is 0 Å². The van der Waals surface area contributed by atoms with Crippen molar-refractivity contribution < 1.29 is 14.3 Å². The first-order valence-electron chi connectivity index (χ1n) is 5.57. The van der Waals surface area contributed by atoms with Gasteiger partial charge in [-0.25, -0.2) is 4.98 Å². The average molecular weight is 290 g/mol. The van der Waals surface area contributed by atoms with E-state index in [1.54, 1.807) is 6.92 Å². The van der Waals surface area contributed by atoms with Gasteiger partial charge in [0.2, 0.25) is 0 Å². The van der Waals surface area contributed by atoms with Gasteiger partial charge in [0.05, 0.1) is 6.61 Å². The van der Waals surface area contributed by atoms with Crippen molar-refractivity contribution in [1.82, 2.24) is 4.98 Å². The van der Waals surface area contributed by atoms with Crippen LogP contribution in [0.3, 0.4) is 0 Å². The minimum atomic E-state index is -0.536. The van der Waals surface area contributed by atoms with E-state index >= 15 is 0 Å². The Labute approximate surface area is 115 Å². The van der Waals surface area contributed by atoms with Crippen molar-refractivity contribution in [2.45, 2.75) is 31.5 Å². The van der Waals surface area contributed by atoms with Crippen LogP contribution in [0.25, 0.3) is 0 Å². The Bertz CT molecular complexity index is 405. The van der Waals surface area contributed by atoms with Crippen LogP contribution >= 0.6 is 23.1 Å². The summed E-state index contributed by atoms with van der Waals surface area (Å²) >= 11 is 2.61. The van der Waals surface area contributed by atoms with Crippen LogP contribution in [0.5, 0.6) is 0 Å². The molecule has 0 bridgehead atoms. The number of nitrogens with two attached hydrogens (primary N) is 1. The first kappa shape index (κ1) is 16.9. The van der Waals surface area contributed by atoms with Crippen LogP contribution < -0.4 is 5.73 Å². The number of carbonyl (C=O) groups excluding carboxylic acids is 2. The lowest BCUT2D eigenvalue weighted by Crippen LogP contribution is -2.11. The van der Waals surface area contributed by atoms with Crippen molar-refractivity contribution >= 4 is 40.7 Å². The van der Waals surface area contributed by atoms with Gasteiger partial charge in [0, 0.05) is 0 Å². The average Bonchev–Trinajstić information content (AvgIpc) is 2.73. The summed E-state index contributed by atoms with van der Waals surface area (Å²) < 4.78 is 5.40. The molecule has 0 aromatic carbocycles. The summed E-state index contributed by atoms with van der Waals surface area (Å²) in [6, 6.07) is 0. The number of hydrogen-bond acceptors (Lipinski definition) is 7. The summed E-state index contributed by atoms with van der Waals surface area (Å²) in [7, 11) is 0. The summed E-state index contributed by atoms with van der Waals surface area (Å²) in [5.41, 5.74) is 5.58. The molecule has 0 radical (unpaired) electrons. The van der Waals surface area contributed by atoms with Crippen LogP contribution in [0.4, 0.5) is 5.82 Å². The molecule has 0 saturated carbocycles. The topological polar surface area (TPSA) is 82.3 Å². The molecule has 1 aromatic heterocycles. The lowest BCUT2D eigenvalue weighted by atomic mass is 10.2. The number of carbonyl (C=O) groups is 2. The fraction of sp³-hybridized carbons (Fsp3) is 0.545. The highest BCUT2D eigenvalue weighted by Crippen LogP contribution is 2.28. The van der Waals surface area contributed by atoms with Gasteiger partial charge in [0.25, 0.3) is 0 Å². The van der Waals surface area contributed by atoms with E-state index < -0.39 is 5.97 Å². The Morgan fingerprint density at radius 3 is 2.50 bits per heavy atom. The molecule has 1 aromatic rings. The van der Waals surface area contributed by atoms with Crippen molar-refractivity contribution in [2.75, 3.05) is 18.6 Å². The lowest BCUT2D eigenvalue weighted by Gasteiger charge is -1.99. The molecular formula is C11H18N2O3S2. The number of thioether (sulfide) groups is 1. The fourth-order valence-electron chi connectivity index (χ4n) is 1.02. The third-order valence-electron chi connectivity index (χ3n) is 1.67. The number of nitrogens with zero attached hydrogens (tertiary/aromatic N) is 1. The standard InChI is InChI=1S/C9H12N2O3S2.C2H6/c1-3-14-6(13)4-5(12)7-8(10)11-9(15-2)16-7;1-2/h3-4,10H2,1-2H3;1-2H3. The highest BCUT2D eigenvalue weighted by atomic mass is 32.2. The third kappa shape index (κ3) is 5.05. The van der Waals surface area contributed by atoms with Gasteiger partial charge in [-0.05, 0) is 13.2 Å². The molecule has 1 heterocycles. The van der Waals surface area contributed by atoms with E-state index in [9.17, 15) is 9.59 Å². The molecule has 0 aliphatic carbocycles. The quantitative estimate of drug-likeness (QED) is 0.388. The first-order chi connectivity index (χ1) is 8.58. The Kier molecular flexibility index (Phi) is 8.40. The molecule has 0 aliphatic rings. The highest BCUT2D eigenvalue weighted by molar-refractivity contribution is 8.00. The van der Waals surface area contributed by atoms with E-state index in [1.807, 2.05) is 20.1 Å². The van der Waals surface area contributed by atoms with Crippen molar-refractivity contribution in [3.8, 4) is 0 Å². The first-order valence-corrected chi connectivity index (χ1v) is 7.61. The van der Waals surface area contributed by atoms with Gasteiger partial charge in [-0.1, -0.05) is 25.6 Å². The molecule has 5 nitrogen and oxygen atoms in total. The molecule has 0 amide bonds. The van der Waals surface area contributed by atoms with Crippen molar-refractivity contribution in [3.05, 3.63) is 4.88 Å². The van der Waals surface area contributed by atoms with E-state index in [-0.39, 0.29) is 24.6 Å². The molecule has 0 unspecified atom stereocenters. The summed E-state index contributed by atoms with van der Waals surface area (Å²) in [5, 5.41) is 0. The van der Waals surface area contributed by atoms with Gasteiger partial charge in [-0.2, -0.15) is 0 Å². The molecule has 1 rings (SSSR count). The molecule has 0 fully saturated rings. The molecule has 2 N–H and O–H groups in total. The van der Waals surface area contributed by atoms with Crippen molar-refractivity contribution in [1.29, 1.82) is 0 Å². The van der Waals surface area contributed by atoms with Crippen LogP contribution in [-0.2, 0) is 9.53 Å². The molecular weight excluding hydrogens is 272 g/mol. The molecule has 7 heteroatoms. The molecule has 0 atom stereocenters. The number of anilines is 1. The number of Topliss-reactive ketones (excluding diaryl/α,β-unsaturated/α-hetero) is 1. The van der Waals surface area contributed by atoms with Gasteiger partial charge in [0.1, 0.15) is 17.1 Å². The van der Waals surface area contributed by atoms with Crippen molar-refractivity contribution in [3.63, 3.8) is 0 Å². The number of ketones is 1. The molecule has 0 spiro atoms. The van der Waals surface area contributed by atoms with Gasteiger partial charge in [-0.15, -0.1) is 11.3 Å². The largest absolute Gasteiger partial charge is 0.466 e. The maximum atomic E-state index is 11.7. The smallest absolute Gasteiger partial charge is 0.313 e. The summed E-state index contributed by atoms with van der Waals surface area (Å²) in [4.78, 5) is 27.1. The summed E-state index contributed by atoms with van der Waals surface area (Å²) in [6.45, 7) is 5.95. The molecule has 102 valence electrons. The summed E-state index contributed by atoms with van der Waals surface area (Å²) in [5.74, 6) is -0.691. The number of aromatic nitrogens is 1. The molecule has 0 saturated heterocycles. The normalized spacial score (nSPS) is 9.33. The van der Waals surface area contributed by atoms with E-state index in [2.05, 4.69) is 9.72 Å². The fourth-order valence-corrected chi connectivity index (χ4v) is 2.45. The van der Waals surface area contributed by atoms with Gasteiger partial charge in [0.15, 0.2) is 10.1 Å². The van der Waals surface area contributed by atoms with Crippen LogP contribution in [0.15, 0.2) is 4.34 Å². The zero-order valence-electron chi connectivity index (χ0n) is 11.0. The van der Waals surface area contributed by atoms with Crippen LogP contribution in [0.2, 0.25) is 0 Å². The Morgan fingerprint density at radius 2 is 2.06 bits per heavy atom. The number of ether oxygens (including phenoxy) is 1. The third-order valence-corrected chi connectivity index (χ3v) is 3.77. The second kappa shape index (κ2) is 8.93. The second-order valence-corrected chi connectivity index (χ2v) is 4.86. The number of hydrogen-bond donors (Lipinski definition) is 1. The van der Waals surface area contributed by atoms with E-state index in [0.29, 0.717) is 9.22 Å². The van der Waals surface area contributed by atoms with Crippen LogP contribution in [-0.4, -0.2) is 29.6 Å². The maximum absolute atomic E-state index is 11.7. The van der Waals surface area contributed by atoms with Gasteiger partial charge >= 0.3 is 5.97 Å². The minimum Gasteiger partial charge on any atom is -0.466 e. The number of nitrogen functional groups attached to an aromatic ring is 1. The van der Waals surface area contributed by atoms with Gasteiger partial charge < -0.3 is 10.5 Å². The zero-order chi connectivity index (χ0) is 14.1. The maximum Gasteiger partial charge on any atom is 0.313 e. The van der Waals surface area contributed by atoms with Gasteiger partial charge in [-0.3, -0.25) is 9.59 Å². The molecule has 18 heavy (non-hydrogen) atoms. The zero-order valence-corrected chi connectivity index (χ0v) is 12.6. The lowest BCUT2D eigenvalue weighted by molar-refractivity contribution is -0.141. The second-order valence-electron chi connectivity index (χ2n) is 2.80. The SMILES string of the molecule is CC.CCOC(=O)CC(=O)c1sc(SC)nc1N. The Morgan fingerprint density at radius 1 is 1.44 bits per heavy atom. The van der Waals surface area contributed by atoms with Crippen molar-refractivity contribution in [2.24, 2.45) is 0 Å². The minimum absolute atomic E-state index is 0.184. The summed E-state index contributed by atoms with van der Waals surface area (Å²) in [6.07, 6.45) is 1.56. The van der Waals surface area contributed by atoms with Crippen LogP contribution in [0.1, 0.15) is 36.9 Å². The number of rotatable bonds is 5. The number of esters is 1. The monoisotopic (exact) mass is 290 g/mol. The van der Waals surface area contributed by atoms with E-state index in [0.717, 1.165) is 0 Å².